The summed E-state index contributed by atoms with van der Waals surface area (Å²) in [6.45, 7) is 6.88. The van der Waals surface area contributed by atoms with Gasteiger partial charge in [-0.25, -0.2) is 9.59 Å². The highest BCUT2D eigenvalue weighted by atomic mass is 16.6. The van der Waals surface area contributed by atoms with Gasteiger partial charge in [-0.1, -0.05) is 32.1 Å². The molecule has 25 heavy (non-hydrogen) atoms. The van der Waals surface area contributed by atoms with Gasteiger partial charge in [-0.3, -0.25) is 0 Å². The van der Waals surface area contributed by atoms with E-state index in [-0.39, 0.29) is 18.2 Å². The first-order valence-electron chi connectivity index (χ1n) is 9.88. The zero-order valence-electron chi connectivity index (χ0n) is 16.1. The van der Waals surface area contributed by atoms with Gasteiger partial charge in [-0.05, 0) is 46.5 Å². The number of carbonyl (C=O) groups excluding carboxylic acids is 2. The Balaban J connectivity index is 1.68. The predicted octanol–water partition coefficient (Wildman–Crippen LogP) is 3.80. The van der Waals surface area contributed by atoms with Gasteiger partial charge < -0.3 is 20.3 Å². The maximum Gasteiger partial charge on any atom is 0.410 e. The lowest BCUT2D eigenvalue weighted by molar-refractivity contribution is 0.0201. The van der Waals surface area contributed by atoms with E-state index in [4.69, 9.17) is 4.74 Å². The van der Waals surface area contributed by atoms with Crippen molar-refractivity contribution in [3.05, 3.63) is 0 Å². The number of nitrogens with zero attached hydrogens (tertiary/aromatic N) is 1. The van der Waals surface area contributed by atoms with Crippen molar-refractivity contribution >= 4 is 12.1 Å². The Labute approximate surface area is 152 Å². The van der Waals surface area contributed by atoms with Gasteiger partial charge in [-0.15, -0.1) is 0 Å². The Morgan fingerprint density at radius 3 is 1.84 bits per heavy atom. The summed E-state index contributed by atoms with van der Waals surface area (Å²) < 4.78 is 5.40. The molecule has 2 aliphatic rings. The number of likely N-dealkylation sites (tertiary alicyclic amines) is 1. The second kappa shape index (κ2) is 9.30. The van der Waals surface area contributed by atoms with Gasteiger partial charge in [0.2, 0.25) is 0 Å². The number of piperidine rings is 1. The minimum absolute atomic E-state index is 0.0544. The molecule has 2 fully saturated rings. The standard InChI is InChI=1S/C19H35N3O3/c1-19(2,3)25-18(24)22-13-11-16(12-14-22)21-17(23)20-15-9-7-5-4-6-8-10-15/h15-16H,4-14H2,1-3H3,(H2,20,21,23). The Hall–Kier alpha value is -1.46. The molecule has 1 heterocycles. The molecule has 0 bridgehead atoms. The molecule has 0 radical (unpaired) electrons. The van der Waals surface area contributed by atoms with E-state index >= 15 is 0 Å². The second-order valence-corrected chi connectivity index (χ2v) is 8.40. The Bertz CT molecular complexity index is 432. The van der Waals surface area contributed by atoms with Gasteiger partial charge in [0, 0.05) is 25.2 Å². The van der Waals surface area contributed by atoms with Gasteiger partial charge >= 0.3 is 12.1 Å². The van der Waals surface area contributed by atoms with Crippen molar-refractivity contribution in [1.82, 2.24) is 15.5 Å². The fourth-order valence-corrected chi connectivity index (χ4v) is 3.55. The first-order chi connectivity index (χ1) is 11.8. The highest BCUT2D eigenvalue weighted by Crippen LogP contribution is 2.18. The molecule has 1 aliphatic carbocycles. The monoisotopic (exact) mass is 353 g/mol. The van der Waals surface area contributed by atoms with Crippen molar-refractivity contribution in [2.75, 3.05) is 13.1 Å². The van der Waals surface area contributed by atoms with E-state index in [1.165, 1.54) is 32.1 Å². The maximum atomic E-state index is 12.3. The fourth-order valence-electron chi connectivity index (χ4n) is 3.55. The molecule has 3 amide bonds. The van der Waals surface area contributed by atoms with Gasteiger partial charge in [0.25, 0.3) is 0 Å². The van der Waals surface area contributed by atoms with Crippen molar-refractivity contribution in [1.29, 1.82) is 0 Å². The van der Waals surface area contributed by atoms with Gasteiger partial charge in [0.1, 0.15) is 5.60 Å². The third-order valence-corrected chi connectivity index (χ3v) is 4.92. The molecule has 0 unspecified atom stereocenters. The molecule has 0 spiro atoms. The van der Waals surface area contributed by atoms with Crippen LogP contribution in [0.15, 0.2) is 0 Å². The average Bonchev–Trinajstić information content (AvgIpc) is 2.49. The molecule has 0 aromatic rings. The Morgan fingerprint density at radius 2 is 1.32 bits per heavy atom. The summed E-state index contributed by atoms with van der Waals surface area (Å²) in [6, 6.07) is 0.385. The number of nitrogens with one attached hydrogen (secondary N) is 2. The van der Waals surface area contributed by atoms with Crippen LogP contribution in [0.2, 0.25) is 0 Å². The topological polar surface area (TPSA) is 70.7 Å². The number of hydrogen-bond acceptors (Lipinski definition) is 3. The minimum atomic E-state index is -0.469. The van der Waals surface area contributed by atoms with Crippen LogP contribution >= 0.6 is 0 Å². The highest BCUT2D eigenvalue weighted by Gasteiger charge is 2.27. The van der Waals surface area contributed by atoms with Crippen molar-refractivity contribution < 1.29 is 14.3 Å². The van der Waals surface area contributed by atoms with E-state index in [9.17, 15) is 9.59 Å². The van der Waals surface area contributed by atoms with Gasteiger partial charge in [0.15, 0.2) is 0 Å². The van der Waals surface area contributed by atoms with Crippen LogP contribution in [0.4, 0.5) is 9.59 Å². The normalized spacial score (nSPS) is 21.2. The second-order valence-electron chi connectivity index (χ2n) is 8.40. The van der Waals surface area contributed by atoms with Crippen LogP contribution in [0.25, 0.3) is 0 Å². The fraction of sp³-hybridized carbons (Fsp3) is 0.895. The van der Waals surface area contributed by atoms with Gasteiger partial charge in [0.05, 0.1) is 0 Å². The van der Waals surface area contributed by atoms with E-state index in [1.54, 1.807) is 4.90 Å². The van der Waals surface area contributed by atoms with Crippen molar-refractivity contribution in [3.8, 4) is 0 Å². The summed E-state index contributed by atoms with van der Waals surface area (Å²) in [5.74, 6) is 0. The smallest absolute Gasteiger partial charge is 0.410 e. The summed E-state index contributed by atoms with van der Waals surface area (Å²) >= 11 is 0. The van der Waals surface area contributed by atoms with E-state index in [0.29, 0.717) is 19.1 Å². The molecule has 0 aromatic carbocycles. The third kappa shape index (κ3) is 7.53. The lowest BCUT2D eigenvalue weighted by atomic mass is 9.97. The number of urea groups is 1. The van der Waals surface area contributed by atoms with Crippen LogP contribution in [-0.2, 0) is 4.74 Å². The lowest BCUT2D eigenvalue weighted by Crippen LogP contribution is -2.51. The lowest BCUT2D eigenvalue weighted by Gasteiger charge is -2.34. The quantitative estimate of drug-likeness (QED) is 0.793. The zero-order chi connectivity index (χ0) is 18.3. The molecule has 6 heteroatoms. The molecular weight excluding hydrogens is 318 g/mol. The maximum absolute atomic E-state index is 12.3. The third-order valence-electron chi connectivity index (χ3n) is 4.92. The number of hydrogen-bond donors (Lipinski definition) is 2. The van der Waals surface area contributed by atoms with E-state index in [1.807, 2.05) is 20.8 Å². The van der Waals surface area contributed by atoms with Crippen molar-refractivity contribution in [3.63, 3.8) is 0 Å². The van der Waals surface area contributed by atoms with E-state index in [2.05, 4.69) is 10.6 Å². The summed E-state index contributed by atoms with van der Waals surface area (Å²) in [5.41, 5.74) is -0.469. The van der Waals surface area contributed by atoms with Crippen LogP contribution in [0.3, 0.4) is 0 Å². The first kappa shape index (κ1) is 19.9. The van der Waals surface area contributed by atoms with E-state index < -0.39 is 5.60 Å². The van der Waals surface area contributed by atoms with E-state index in [0.717, 1.165) is 25.7 Å². The molecule has 144 valence electrons. The van der Waals surface area contributed by atoms with Crippen LogP contribution in [-0.4, -0.2) is 47.8 Å². The zero-order valence-corrected chi connectivity index (χ0v) is 16.1. The summed E-state index contributed by atoms with van der Waals surface area (Å²) in [5, 5.41) is 6.22. The first-order valence-corrected chi connectivity index (χ1v) is 9.88. The predicted molar refractivity (Wildman–Crippen MR) is 98.6 cm³/mol. The molecule has 0 atom stereocenters. The van der Waals surface area contributed by atoms with Crippen LogP contribution in [0.5, 0.6) is 0 Å². The van der Waals surface area contributed by atoms with Crippen molar-refractivity contribution in [2.24, 2.45) is 0 Å². The largest absolute Gasteiger partial charge is 0.444 e. The molecule has 0 aromatic heterocycles. The molecule has 2 rings (SSSR count). The average molecular weight is 354 g/mol. The summed E-state index contributed by atoms with van der Waals surface area (Å²) in [7, 11) is 0. The summed E-state index contributed by atoms with van der Waals surface area (Å²) in [6.07, 6.45) is 9.77. The molecule has 1 saturated heterocycles. The molecule has 6 nitrogen and oxygen atoms in total. The number of amides is 3. The van der Waals surface area contributed by atoms with Crippen molar-refractivity contribution in [2.45, 2.75) is 96.2 Å². The molecule has 1 aliphatic heterocycles. The SMILES string of the molecule is CC(C)(C)OC(=O)N1CCC(NC(=O)NC2CCCCCCC2)CC1. The Morgan fingerprint density at radius 1 is 0.840 bits per heavy atom. The number of rotatable bonds is 2. The number of ether oxygens (including phenoxy) is 1. The highest BCUT2D eigenvalue weighted by molar-refractivity contribution is 5.74. The van der Waals surface area contributed by atoms with Gasteiger partial charge in [-0.2, -0.15) is 0 Å². The Kier molecular flexibility index (Phi) is 7.38. The van der Waals surface area contributed by atoms with Crippen LogP contribution < -0.4 is 10.6 Å². The summed E-state index contributed by atoms with van der Waals surface area (Å²) in [4.78, 5) is 26.1. The molecule has 1 saturated carbocycles. The minimum Gasteiger partial charge on any atom is -0.444 e. The molecular formula is C19H35N3O3. The molecule has 2 N–H and O–H groups in total. The van der Waals surface area contributed by atoms with Crippen LogP contribution in [0.1, 0.15) is 78.6 Å². The van der Waals surface area contributed by atoms with Crippen LogP contribution in [0, 0.1) is 0 Å². The number of carbonyl (C=O) groups is 2.